The van der Waals surface area contributed by atoms with Gasteiger partial charge in [-0.1, -0.05) is 5.16 Å². The summed E-state index contributed by atoms with van der Waals surface area (Å²) in [4.78, 5) is 22.5. The minimum atomic E-state index is -5.08. The van der Waals surface area contributed by atoms with Crippen molar-refractivity contribution in [1.29, 1.82) is 0 Å². The molecule has 0 aromatic carbocycles. The van der Waals surface area contributed by atoms with Gasteiger partial charge in [-0.05, 0) is 13.0 Å². The summed E-state index contributed by atoms with van der Waals surface area (Å²) in [6.07, 6.45) is -9.17. The Labute approximate surface area is 137 Å². The summed E-state index contributed by atoms with van der Waals surface area (Å²) in [6.45, 7) is 2.55. The lowest BCUT2D eigenvalue weighted by molar-refractivity contribution is -0.193. The summed E-state index contributed by atoms with van der Waals surface area (Å²) in [5, 5.41) is 21.4. The van der Waals surface area contributed by atoms with Gasteiger partial charge >= 0.3 is 24.3 Å². The van der Waals surface area contributed by atoms with E-state index >= 15 is 0 Å². The van der Waals surface area contributed by atoms with E-state index in [1.54, 1.807) is 7.11 Å². The second-order valence-corrected chi connectivity index (χ2v) is 4.28. The Morgan fingerprint density at radius 2 is 1.60 bits per heavy atom. The van der Waals surface area contributed by atoms with Crippen LogP contribution in [-0.2, 0) is 14.4 Å². The van der Waals surface area contributed by atoms with Crippen molar-refractivity contribution in [2.45, 2.75) is 18.8 Å². The summed E-state index contributed by atoms with van der Waals surface area (Å²) < 4.78 is 63.5. The fourth-order valence-corrected chi connectivity index (χ4v) is 1.33. The number of nitrogens with zero attached hydrogens (tertiary/aromatic N) is 1. The standard InChI is InChI=1S/C7H15N3O.2C2HF3O2/c1-11-10-7-5-9-4-6(7)2-3-8;2*3-2(4,5)1(6)7/h6,9H,2-5,8H2,1H3;2*(H,6,7). The van der Waals surface area contributed by atoms with Gasteiger partial charge in [-0.2, -0.15) is 26.3 Å². The molecule has 0 saturated carbocycles. The maximum Gasteiger partial charge on any atom is 0.490 e. The third kappa shape index (κ3) is 12.9. The van der Waals surface area contributed by atoms with Crippen molar-refractivity contribution < 1.29 is 51.0 Å². The van der Waals surface area contributed by atoms with Crippen LogP contribution >= 0.6 is 0 Å². The predicted molar refractivity (Wildman–Crippen MR) is 71.9 cm³/mol. The first-order chi connectivity index (χ1) is 11.3. The van der Waals surface area contributed by atoms with Crippen molar-refractivity contribution in [3.63, 3.8) is 0 Å². The molecular weight excluding hydrogens is 368 g/mol. The van der Waals surface area contributed by atoms with Crippen LogP contribution in [0.3, 0.4) is 0 Å². The number of carbonyl (C=O) groups is 2. The molecule has 0 aliphatic carbocycles. The molecule has 8 nitrogen and oxygen atoms in total. The second-order valence-electron chi connectivity index (χ2n) is 4.28. The highest BCUT2D eigenvalue weighted by Gasteiger charge is 2.38. The number of nitrogens with one attached hydrogen (secondary N) is 1. The minimum absolute atomic E-state index is 0.486. The van der Waals surface area contributed by atoms with Crippen LogP contribution in [0.4, 0.5) is 26.3 Å². The van der Waals surface area contributed by atoms with Crippen LogP contribution in [0.5, 0.6) is 0 Å². The van der Waals surface area contributed by atoms with E-state index < -0.39 is 24.3 Å². The third-order valence-corrected chi connectivity index (χ3v) is 2.38. The number of carboxylic acid groups (broad SMARTS) is 2. The molecule has 1 aliphatic heterocycles. The molecule has 1 unspecified atom stereocenters. The molecule has 5 N–H and O–H groups in total. The molecule has 0 spiro atoms. The van der Waals surface area contributed by atoms with Gasteiger partial charge in [-0.15, -0.1) is 0 Å². The fraction of sp³-hybridized carbons (Fsp3) is 0.727. The van der Waals surface area contributed by atoms with Crippen LogP contribution in [0.1, 0.15) is 6.42 Å². The van der Waals surface area contributed by atoms with Crippen molar-refractivity contribution in [3.8, 4) is 0 Å². The number of alkyl halides is 6. The number of hydrogen-bond acceptors (Lipinski definition) is 6. The first-order valence-corrected chi connectivity index (χ1v) is 6.38. The van der Waals surface area contributed by atoms with Crippen molar-refractivity contribution in [2.75, 3.05) is 26.7 Å². The zero-order valence-corrected chi connectivity index (χ0v) is 12.8. The van der Waals surface area contributed by atoms with Gasteiger partial charge in [0.1, 0.15) is 7.11 Å². The monoisotopic (exact) mass is 385 g/mol. The van der Waals surface area contributed by atoms with Gasteiger partial charge in [0.05, 0.1) is 5.71 Å². The Morgan fingerprint density at radius 3 is 1.88 bits per heavy atom. The largest absolute Gasteiger partial charge is 0.490 e. The molecule has 0 aromatic heterocycles. The van der Waals surface area contributed by atoms with E-state index in [1.807, 2.05) is 0 Å². The van der Waals surface area contributed by atoms with E-state index in [-0.39, 0.29) is 0 Å². The molecule has 1 aliphatic rings. The highest BCUT2D eigenvalue weighted by molar-refractivity contribution is 5.90. The van der Waals surface area contributed by atoms with Gasteiger partial charge in [-0.3, -0.25) is 0 Å². The number of carboxylic acids is 2. The Bertz CT molecular complexity index is 428. The molecule has 1 fully saturated rings. The summed E-state index contributed by atoms with van der Waals surface area (Å²) in [5.41, 5.74) is 6.54. The Hall–Kier alpha value is -2.09. The number of halogens is 6. The fourth-order valence-electron chi connectivity index (χ4n) is 1.33. The quantitative estimate of drug-likeness (QED) is 0.417. The maximum atomic E-state index is 10.6. The Morgan fingerprint density at radius 1 is 1.20 bits per heavy atom. The number of oxime groups is 1. The zero-order valence-electron chi connectivity index (χ0n) is 12.8. The smallest absolute Gasteiger partial charge is 0.475 e. The van der Waals surface area contributed by atoms with E-state index in [4.69, 9.17) is 30.4 Å². The average Bonchev–Trinajstić information content (AvgIpc) is 2.86. The van der Waals surface area contributed by atoms with Gasteiger partial charge < -0.3 is 26.1 Å². The molecule has 1 heterocycles. The molecule has 148 valence electrons. The van der Waals surface area contributed by atoms with Gasteiger partial charge in [0.15, 0.2) is 0 Å². The Kier molecular flexibility index (Phi) is 11.5. The molecule has 1 saturated heterocycles. The average molecular weight is 385 g/mol. The first-order valence-electron chi connectivity index (χ1n) is 6.38. The van der Waals surface area contributed by atoms with Gasteiger partial charge in [0.25, 0.3) is 0 Å². The highest BCUT2D eigenvalue weighted by atomic mass is 19.4. The van der Waals surface area contributed by atoms with Crippen molar-refractivity contribution >= 4 is 17.7 Å². The summed E-state index contributed by atoms with van der Waals surface area (Å²) in [7, 11) is 1.57. The van der Waals surface area contributed by atoms with Crippen LogP contribution in [0, 0.1) is 5.92 Å². The maximum absolute atomic E-state index is 10.6. The molecule has 1 rings (SSSR count). The lowest BCUT2D eigenvalue weighted by Crippen LogP contribution is -2.21. The molecule has 0 radical (unpaired) electrons. The topological polar surface area (TPSA) is 134 Å². The van der Waals surface area contributed by atoms with Gasteiger partial charge in [0.2, 0.25) is 0 Å². The zero-order chi connectivity index (χ0) is 20.3. The van der Waals surface area contributed by atoms with E-state index in [2.05, 4.69) is 10.5 Å². The summed E-state index contributed by atoms with van der Waals surface area (Å²) in [5.74, 6) is -5.03. The van der Waals surface area contributed by atoms with Crippen LogP contribution < -0.4 is 11.1 Å². The van der Waals surface area contributed by atoms with Gasteiger partial charge in [-0.25, -0.2) is 9.59 Å². The molecular formula is C11H17F6N3O5. The van der Waals surface area contributed by atoms with Crippen LogP contribution in [0.15, 0.2) is 5.16 Å². The lowest BCUT2D eigenvalue weighted by atomic mass is 10.0. The van der Waals surface area contributed by atoms with Gasteiger partial charge in [0, 0.05) is 19.0 Å². The van der Waals surface area contributed by atoms with E-state index in [1.165, 1.54) is 0 Å². The molecule has 0 amide bonds. The second kappa shape index (κ2) is 11.5. The van der Waals surface area contributed by atoms with Crippen LogP contribution in [0.25, 0.3) is 0 Å². The van der Waals surface area contributed by atoms with Crippen LogP contribution in [0.2, 0.25) is 0 Å². The summed E-state index contributed by atoms with van der Waals surface area (Å²) >= 11 is 0. The SMILES string of the molecule is CON=C1CNCC1CCN.O=C(O)C(F)(F)F.O=C(O)C(F)(F)F. The molecule has 14 heteroatoms. The molecule has 0 aromatic rings. The molecule has 25 heavy (non-hydrogen) atoms. The number of hydrogen-bond donors (Lipinski definition) is 4. The number of nitrogens with two attached hydrogens (primary N) is 1. The lowest BCUT2D eigenvalue weighted by Gasteiger charge is -2.05. The van der Waals surface area contributed by atoms with Crippen molar-refractivity contribution in [1.82, 2.24) is 5.32 Å². The summed E-state index contributed by atoms with van der Waals surface area (Å²) in [6, 6.07) is 0. The molecule has 1 atom stereocenters. The van der Waals surface area contributed by atoms with E-state index in [9.17, 15) is 26.3 Å². The third-order valence-electron chi connectivity index (χ3n) is 2.38. The minimum Gasteiger partial charge on any atom is -0.475 e. The Balaban J connectivity index is 0. The van der Waals surface area contributed by atoms with Crippen molar-refractivity contribution in [3.05, 3.63) is 0 Å². The van der Waals surface area contributed by atoms with Crippen LogP contribution in [-0.4, -0.2) is 67.0 Å². The van der Waals surface area contributed by atoms with Crippen molar-refractivity contribution in [2.24, 2.45) is 16.8 Å². The predicted octanol–water partition coefficient (Wildman–Crippen LogP) is 0.824. The number of aliphatic carboxylic acids is 2. The first kappa shape index (κ1) is 25.2. The molecule has 0 bridgehead atoms. The van der Waals surface area contributed by atoms with E-state index in [0.29, 0.717) is 5.92 Å². The normalized spacial score (nSPS) is 18.6. The van der Waals surface area contributed by atoms with E-state index in [0.717, 1.165) is 31.8 Å². The highest BCUT2D eigenvalue weighted by Crippen LogP contribution is 2.13. The number of rotatable bonds is 3.